The van der Waals surface area contributed by atoms with Crippen LogP contribution in [-0.4, -0.2) is 9.55 Å². The zero-order valence-corrected chi connectivity index (χ0v) is 25.4. The van der Waals surface area contributed by atoms with Crippen LogP contribution in [0.15, 0.2) is 83.4 Å². The third-order valence-corrected chi connectivity index (χ3v) is 8.21. The molecular formula is C38H34N4O. The fraction of sp³-hybridized carbons (Fsp3) is 0.237. The lowest BCUT2D eigenvalue weighted by atomic mass is 9.87. The molecule has 5 heteroatoms. The van der Waals surface area contributed by atoms with Gasteiger partial charge in [0.05, 0.1) is 12.3 Å². The van der Waals surface area contributed by atoms with Crippen molar-refractivity contribution in [3.63, 3.8) is 0 Å². The first-order valence-electron chi connectivity index (χ1n) is 14.8. The number of aromatic nitrogens is 2. The van der Waals surface area contributed by atoms with E-state index in [1.54, 1.807) is 6.07 Å². The van der Waals surface area contributed by atoms with E-state index >= 15 is 0 Å². The first kappa shape index (κ1) is 28.0. The lowest BCUT2D eigenvalue weighted by molar-refractivity contribution is 0.669. The number of imidazole rings is 1. The lowest BCUT2D eigenvalue weighted by Crippen LogP contribution is -2.08. The monoisotopic (exact) mass is 562 g/mol. The van der Waals surface area contributed by atoms with E-state index in [9.17, 15) is 5.26 Å². The van der Waals surface area contributed by atoms with Gasteiger partial charge in [0, 0.05) is 28.1 Å². The minimum atomic E-state index is 0.186. The van der Waals surface area contributed by atoms with Crippen LogP contribution in [0.1, 0.15) is 81.7 Å². The van der Waals surface area contributed by atoms with Crippen LogP contribution >= 0.6 is 0 Å². The molecule has 43 heavy (non-hydrogen) atoms. The van der Waals surface area contributed by atoms with Crippen molar-refractivity contribution in [1.82, 2.24) is 9.55 Å². The summed E-state index contributed by atoms with van der Waals surface area (Å²) in [6.45, 7) is 20.7. The molecule has 0 aliphatic rings. The summed E-state index contributed by atoms with van der Waals surface area (Å²) >= 11 is 0. The van der Waals surface area contributed by atoms with Crippen LogP contribution < -0.4 is 0 Å². The Bertz CT molecular complexity index is 2060. The highest BCUT2D eigenvalue weighted by Crippen LogP contribution is 2.42. The van der Waals surface area contributed by atoms with Gasteiger partial charge in [-0.3, -0.25) is 4.57 Å². The molecule has 0 aliphatic heterocycles. The number of furan rings is 1. The normalized spacial score (nSPS) is 11.6. The van der Waals surface area contributed by atoms with Crippen LogP contribution in [0.25, 0.3) is 55.0 Å². The molecule has 0 amide bonds. The Morgan fingerprint density at radius 3 is 2.19 bits per heavy atom. The smallest absolute Gasteiger partial charge is 0.187 e. The maximum absolute atomic E-state index is 9.84. The van der Waals surface area contributed by atoms with Gasteiger partial charge in [0.15, 0.2) is 11.4 Å². The molecule has 6 aromatic rings. The molecule has 0 saturated heterocycles. The molecule has 212 valence electrons. The Kier molecular flexibility index (Phi) is 7.12. The molecule has 0 bridgehead atoms. The van der Waals surface area contributed by atoms with E-state index in [4.69, 9.17) is 16.0 Å². The third kappa shape index (κ3) is 4.88. The minimum Gasteiger partial charge on any atom is -0.455 e. The molecule has 2 aromatic heterocycles. The Balaban J connectivity index is 1.62. The summed E-state index contributed by atoms with van der Waals surface area (Å²) in [6, 6.07) is 27.1. The van der Waals surface area contributed by atoms with Gasteiger partial charge in [0.1, 0.15) is 23.1 Å². The third-order valence-electron chi connectivity index (χ3n) is 8.21. The zero-order chi connectivity index (χ0) is 30.4. The van der Waals surface area contributed by atoms with Crippen molar-refractivity contribution in [2.45, 2.75) is 59.3 Å². The second-order valence-corrected chi connectivity index (χ2v) is 12.1. The van der Waals surface area contributed by atoms with Gasteiger partial charge in [0.2, 0.25) is 0 Å². The molecular weight excluding hydrogens is 528 g/mol. The fourth-order valence-electron chi connectivity index (χ4n) is 5.92. The van der Waals surface area contributed by atoms with Crippen molar-refractivity contribution >= 4 is 27.6 Å². The van der Waals surface area contributed by atoms with Crippen LogP contribution in [0.3, 0.4) is 0 Å². The molecule has 0 unspecified atom stereocenters. The molecule has 6 rings (SSSR count). The molecule has 0 spiro atoms. The summed E-state index contributed by atoms with van der Waals surface area (Å²) in [5.41, 5.74) is 10.3. The molecule has 0 N–H and O–H groups in total. The van der Waals surface area contributed by atoms with Crippen LogP contribution in [0.2, 0.25) is 0 Å². The van der Waals surface area contributed by atoms with Crippen LogP contribution in [0.5, 0.6) is 0 Å². The van der Waals surface area contributed by atoms with Gasteiger partial charge in [-0.25, -0.2) is 9.83 Å². The Hall–Kier alpha value is -5.13. The van der Waals surface area contributed by atoms with Crippen molar-refractivity contribution < 1.29 is 4.42 Å². The van der Waals surface area contributed by atoms with E-state index in [1.807, 2.05) is 29.0 Å². The number of fused-ring (bicyclic) bond motifs is 3. The highest BCUT2D eigenvalue weighted by atomic mass is 16.3. The van der Waals surface area contributed by atoms with Crippen molar-refractivity contribution in [2.75, 3.05) is 0 Å². The van der Waals surface area contributed by atoms with E-state index in [2.05, 4.69) is 101 Å². The number of benzene rings is 4. The van der Waals surface area contributed by atoms with E-state index in [-0.39, 0.29) is 11.8 Å². The van der Waals surface area contributed by atoms with Gasteiger partial charge < -0.3 is 4.42 Å². The van der Waals surface area contributed by atoms with Gasteiger partial charge in [-0.1, -0.05) is 84.0 Å². The van der Waals surface area contributed by atoms with Gasteiger partial charge in [-0.2, -0.15) is 5.26 Å². The highest BCUT2D eigenvalue weighted by Gasteiger charge is 2.23. The first-order chi connectivity index (χ1) is 20.7. The maximum Gasteiger partial charge on any atom is 0.187 e. The standard InChI is InChI=1S/C38H34N4O/c1-22(2)25-14-15-35-34(17-25)31-13-9-12-30(37(31)43-35)27-18-32(23(3)4)36(33(19-27)24(5)6)42-21-29(20-39)41-38(42)26-10-8-11-28(16-26)40-7/h8-19,21-24H,1-6H3. The van der Waals surface area contributed by atoms with Crippen molar-refractivity contribution in [3.8, 4) is 34.3 Å². The summed E-state index contributed by atoms with van der Waals surface area (Å²) in [5, 5.41) is 12.1. The average Bonchev–Trinajstić information content (AvgIpc) is 3.61. The Labute approximate surface area is 252 Å². The predicted molar refractivity (Wildman–Crippen MR) is 175 cm³/mol. The van der Waals surface area contributed by atoms with E-state index in [1.165, 1.54) is 5.56 Å². The van der Waals surface area contributed by atoms with E-state index in [0.717, 1.165) is 55.4 Å². The molecule has 4 aromatic carbocycles. The van der Waals surface area contributed by atoms with Gasteiger partial charge in [-0.15, -0.1) is 0 Å². The van der Waals surface area contributed by atoms with Gasteiger partial charge >= 0.3 is 0 Å². The Morgan fingerprint density at radius 2 is 1.53 bits per heavy atom. The van der Waals surface area contributed by atoms with Crippen LogP contribution in [-0.2, 0) is 0 Å². The maximum atomic E-state index is 9.84. The highest BCUT2D eigenvalue weighted by molar-refractivity contribution is 6.09. The van der Waals surface area contributed by atoms with E-state index in [0.29, 0.717) is 23.1 Å². The minimum absolute atomic E-state index is 0.186. The zero-order valence-electron chi connectivity index (χ0n) is 25.4. The molecule has 0 fully saturated rings. The predicted octanol–water partition coefficient (Wildman–Crippen LogP) is 10.9. The molecule has 2 heterocycles. The summed E-state index contributed by atoms with van der Waals surface area (Å²) in [6.07, 6.45) is 1.82. The Morgan fingerprint density at radius 1 is 0.814 bits per heavy atom. The average molecular weight is 563 g/mol. The molecule has 0 atom stereocenters. The number of nitriles is 1. The second-order valence-electron chi connectivity index (χ2n) is 12.1. The van der Waals surface area contributed by atoms with Crippen molar-refractivity contribution in [3.05, 3.63) is 113 Å². The lowest BCUT2D eigenvalue weighted by Gasteiger charge is -2.23. The number of para-hydroxylation sites is 1. The topological polar surface area (TPSA) is 59.1 Å². The number of hydrogen-bond acceptors (Lipinski definition) is 3. The number of rotatable bonds is 6. The summed E-state index contributed by atoms with van der Waals surface area (Å²) in [4.78, 5) is 8.32. The number of hydrogen-bond donors (Lipinski definition) is 0. The molecule has 0 radical (unpaired) electrons. The largest absolute Gasteiger partial charge is 0.455 e. The molecule has 0 aliphatic carbocycles. The quantitative estimate of drug-likeness (QED) is 0.190. The second kappa shape index (κ2) is 10.9. The summed E-state index contributed by atoms with van der Waals surface area (Å²) < 4.78 is 8.58. The SMILES string of the molecule is [C-]#[N+]c1cccc(-c2nc(C#N)cn2-c2c(C(C)C)cc(-c3cccc4c3oc3ccc(C(C)C)cc34)cc2C(C)C)c1. The molecule has 5 nitrogen and oxygen atoms in total. The van der Waals surface area contributed by atoms with Gasteiger partial charge in [0.25, 0.3) is 0 Å². The van der Waals surface area contributed by atoms with Crippen LogP contribution in [0.4, 0.5) is 5.69 Å². The van der Waals surface area contributed by atoms with Crippen LogP contribution in [0, 0.1) is 17.9 Å². The van der Waals surface area contributed by atoms with Gasteiger partial charge in [-0.05, 0) is 70.3 Å². The van der Waals surface area contributed by atoms with E-state index < -0.39 is 0 Å². The molecule has 0 saturated carbocycles. The number of nitrogens with zero attached hydrogens (tertiary/aromatic N) is 4. The van der Waals surface area contributed by atoms with Crippen molar-refractivity contribution in [1.29, 1.82) is 5.26 Å². The van der Waals surface area contributed by atoms with Crippen molar-refractivity contribution in [2.24, 2.45) is 0 Å². The summed E-state index contributed by atoms with van der Waals surface area (Å²) in [7, 11) is 0. The summed E-state index contributed by atoms with van der Waals surface area (Å²) in [5.74, 6) is 1.46. The first-order valence-corrected chi connectivity index (χ1v) is 14.8. The fourth-order valence-corrected chi connectivity index (χ4v) is 5.92.